The minimum Gasteiger partial charge on any atom is -0.387 e. The highest BCUT2D eigenvalue weighted by Gasteiger charge is 2.22. The summed E-state index contributed by atoms with van der Waals surface area (Å²) in [6.45, 7) is 4.38. The van der Waals surface area contributed by atoms with Crippen molar-refractivity contribution in [2.24, 2.45) is 0 Å². The number of aliphatic hydroxyl groups is 1. The quantitative estimate of drug-likeness (QED) is 0.771. The molecule has 122 valence electrons. The number of ether oxygens (including phenoxy) is 1. The summed E-state index contributed by atoms with van der Waals surface area (Å²) in [5.74, 6) is 0.209. The lowest BCUT2D eigenvalue weighted by molar-refractivity contribution is -0.133. The molecule has 1 heterocycles. The second-order valence-electron chi connectivity index (χ2n) is 5.70. The first-order chi connectivity index (χ1) is 10.7. The zero-order chi connectivity index (χ0) is 15.8. The molecular formula is C17H26N2O3. The maximum atomic E-state index is 12.0. The summed E-state index contributed by atoms with van der Waals surface area (Å²) in [5, 5.41) is 10.3. The molecular weight excluding hydrogens is 280 g/mol. The van der Waals surface area contributed by atoms with Gasteiger partial charge >= 0.3 is 0 Å². The molecule has 0 unspecified atom stereocenters. The fourth-order valence-corrected chi connectivity index (χ4v) is 2.73. The number of carbonyl (C=O) groups is 1. The van der Waals surface area contributed by atoms with Crippen molar-refractivity contribution in [1.29, 1.82) is 0 Å². The fraction of sp³-hybridized carbons (Fsp3) is 0.588. The molecule has 1 aromatic rings. The Labute approximate surface area is 132 Å². The Morgan fingerprint density at radius 2 is 1.91 bits per heavy atom. The van der Waals surface area contributed by atoms with Gasteiger partial charge in [-0.2, -0.15) is 0 Å². The molecule has 5 nitrogen and oxygen atoms in total. The molecule has 1 aliphatic rings. The van der Waals surface area contributed by atoms with E-state index in [9.17, 15) is 9.90 Å². The second kappa shape index (κ2) is 8.88. The lowest BCUT2D eigenvalue weighted by atomic mass is 10.1. The number of benzene rings is 1. The van der Waals surface area contributed by atoms with Gasteiger partial charge in [0.2, 0.25) is 5.91 Å². The molecule has 1 amide bonds. The third kappa shape index (κ3) is 5.09. The zero-order valence-electron chi connectivity index (χ0n) is 13.3. The average Bonchev–Trinajstić information content (AvgIpc) is 2.56. The van der Waals surface area contributed by atoms with E-state index in [2.05, 4.69) is 4.90 Å². The molecule has 0 bridgehead atoms. The van der Waals surface area contributed by atoms with Crippen LogP contribution in [0.4, 0.5) is 0 Å². The Morgan fingerprint density at radius 3 is 2.55 bits per heavy atom. The van der Waals surface area contributed by atoms with E-state index in [1.165, 1.54) is 0 Å². The number of nitrogens with zero attached hydrogens (tertiary/aromatic N) is 2. The molecule has 2 rings (SSSR count). The van der Waals surface area contributed by atoms with Crippen LogP contribution in [0.2, 0.25) is 0 Å². The molecule has 1 N–H and O–H groups in total. The second-order valence-corrected chi connectivity index (χ2v) is 5.70. The largest absolute Gasteiger partial charge is 0.387 e. The summed E-state index contributed by atoms with van der Waals surface area (Å²) < 4.78 is 4.98. The minimum absolute atomic E-state index is 0.209. The van der Waals surface area contributed by atoms with Crippen molar-refractivity contribution in [1.82, 2.24) is 9.80 Å². The van der Waals surface area contributed by atoms with Crippen molar-refractivity contribution in [3.8, 4) is 0 Å². The van der Waals surface area contributed by atoms with Gasteiger partial charge in [-0.15, -0.1) is 0 Å². The number of β-amino-alcohol motifs (C(OH)–C–C–N with tert-alkyl or cyclic N) is 1. The molecule has 1 atom stereocenters. The molecule has 0 radical (unpaired) electrons. The summed E-state index contributed by atoms with van der Waals surface area (Å²) in [6, 6.07) is 9.72. The lowest BCUT2D eigenvalue weighted by Gasteiger charge is -2.35. The number of aliphatic hydroxyl groups excluding tert-OH is 1. The van der Waals surface area contributed by atoms with Crippen molar-refractivity contribution in [2.45, 2.75) is 18.9 Å². The van der Waals surface area contributed by atoms with Crippen LogP contribution in [0.5, 0.6) is 0 Å². The maximum absolute atomic E-state index is 12.0. The van der Waals surface area contributed by atoms with Gasteiger partial charge in [-0.1, -0.05) is 30.3 Å². The summed E-state index contributed by atoms with van der Waals surface area (Å²) in [5.41, 5.74) is 0.945. The van der Waals surface area contributed by atoms with E-state index in [0.29, 0.717) is 19.6 Å². The Morgan fingerprint density at radius 1 is 1.23 bits per heavy atom. The van der Waals surface area contributed by atoms with Gasteiger partial charge in [-0.05, 0) is 12.0 Å². The molecule has 5 heteroatoms. The monoisotopic (exact) mass is 306 g/mol. The average molecular weight is 306 g/mol. The predicted molar refractivity (Wildman–Crippen MR) is 85.5 cm³/mol. The van der Waals surface area contributed by atoms with Crippen molar-refractivity contribution >= 4 is 5.91 Å². The van der Waals surface area contributed by atoms with Gasteiger partial charge in [0.05, 0.1) is 6.10 Å². The lowest BCUT2D eigenvalue weighted by Crippen LogP contribution is -2.49. The number of hydrogen-bond donors (Lipinski definition) is 1. The van der Waals surface area contributed by atoms with E-state index < -0.39 is 6.10 Å². The molecule has 0 aliphatic carbocycles. The van der Waals surface area contributed by atoms with Gasteiger partial charge in [0.25, 0.3) is 0 Å². The van der Waals surface area contributed by atoms with Crippen LogP contribution in [0, 0.1) is 0 Å². The van der Waals surface area contributed by atoms with Gasteiger partial charge in [0, 0.05) is 52.9 Å². The highest BCUT2D eigenvalue weighted by atomic mass is 16.5. The molecule has 0 spiro atoms. The van der Waals surface area contributed by atoms with E-state index in [0.717, 1.165) is 38.2 Å². The summed E-state index contributed by atoms with van der Waals surface area (Å²) in [6.07, 6.45) is 0.869. The van der Waals surface area contributed by atoms with Crippen LogP contribution < -0.4 is 0 Å². The van der Waals surface area contributed by atoms with Crippen LogP contribution in [0.1, 0.15) is 24.5 Å². The standard InChI is InChI=1S/C17H26N2O3/c1-22-13-5-8-17(21)19-11-9-18(10-12-19)14-16(20)15-6-3-2-4-7-15/h2-4,6-7,16,20H,5,8-14H2,1H3/t16-/m0/s1. The van der Waals surface area contributed by atoms with Gasteiger partial charge < -0.3 is 14.7 Å². The van der Waals surface area contributed by atoms with E-state index in [-0.39, 0.29) is 5.91 Å². The third-order valence-corrected chi connectivity index (χ3v) is 4.08. The first-order valence-electron chi connectivity index (χ1n) is 7.93. The molecule has 0 saturated carbocycles. The fourth-order valence-electron chi connectivity index (χ4n) is 2.73. The molecule has 22 heavy (non-hydrogen) atoms. The van der Waals surface area contributed by atoms with Crippen LogP contribution in [0.15, 0.2) is 30.3 Å². The zero-order valence-corrected chi connectivity index (χ0v) is 13.3. The highest BCUT2D eigenvalue weighted by Crippen LogP contribution is 2.15. The number of amides is 1. The predicted octanol–water partition coefficient (Wildman–Crippen LogP) is 1.29. The highest BCUT2D eigenvalue weighted by molar-refractivity contribution is 5.76. The summed E-state index contributed by atoms with van der Waals surface area (Å²) in [7, 11) is 1.65. The number of methoxy groups -OCH3 is 1. The molecule has 1 fully saturated rings. The minimum atomic E-state index is -0.467. The summed E-state index contributed by atoms with van der Waals surface area (Å²) in [4.78, 5) is 16.2. The Bertz CT molecular complexity index is 444. The van der Waals surface area contributed by atoms with E-state index in [1.54, 1.807) is 7.11 Å². The molecule has 1 aliphatic heterocycles. The van der Waals surface area contributed by atoms with Crippen LogP contribution in [-0.4, -0.2) is 67.3 Å². The van der Waals surface area contributed by atoms with Gasteiger partial charge in [0.1, 0.15) is 0 Å². The number of rotatable bonds is 7. The van der Waals surface area contributed by atoms with Crippen LogP contribution >= 0.6 is 0 Å². The Balaban J connectivity index is 1.72. The first-order valence-corrected chi connectivity index (χ1v) is 7.93. The normalized spacial score (nSPS) is 17.5. The topological polar surface area (TPSA) is 53.0 Å². The van der Waals surface area contributed by atoms with Crippen molar-refractivity contribution < 1.29 is 14.6 Å². The third-order valence-electron chi connectivity index (χ3n) is 4.08. The number of piperazine rings is 1. The first kappa shape index (κ1) is 16.9. The summed E-state index contributed by atoms with van der Waals surface area (Å²) >= 11 is 0. The van der Waals surface area contributed by atoms with Crippen molar-refractivity contribution in [2.75, 3.05) is 46.4 Å². The SMILES string of the molecule is COCCCC(=O)N1CCN(C[C@H](O)c2ccccc2)CC1. The van der Waals surface area contributed by atoms with E-state index in [4.69, 9.17) is 4.74 Å². The van der Waals surface area contributed by atoms with Crippen LogP contribution in [0.3, 0.4) is 0 Å². The molecule has 1 saturated heterocycles. The Kier molecular flexibility index (Phi) is 6.83. The molecule has 1 aromatic carbocycles. The number of hydrogen-bond acceptors (Lipinski definition) is 4. The van der Waals surface area contributed by atoms with Crippen LogP contribution in [-0.2, 0) is 9.53 Å². The smallest absolute Gasteiger partial charge is 0.222 e. The van der Waals surface area contributed by atoms with Crippen LogP contribution in [0.25, 0.3) is 0 Å². The van der Waals surface area contributed by atoms with Crippen molar-refractivity contribution in [3.05, 3.63) is 35.9 Å². The van der Waals surface area contributed by atoms with Gasteiger partial charge in [-0.25, -0.2) is 0 Å². The maximum Gasteiger partial charge on any atom is 0.222 e. The van der Waals surface area contributed by atoms with Crippen molar-refractivity contribution in [3.63, 3.8) is 0 Å². The van der Waals surface area contributed by atoms with E-state index >= 15 is 0 Å². The molecule has 0 aromatic heterocycles. The van der Waals surface area contributed by atoms with E-state index in [1.807, 2.05) is 35.2 Å². The van der Waals surface area contributed by atoms with Gasteiger partial charge in [-0.3, -0.25) is 9.69 Å². The Hall–Kier alpha value is -1.43. The number of carbonyl (C=O) groups excluding carboxylic acids is 1. The van der Waals surface area contributed by atoms with Gasteiger partial charge in [0.15, 0.2) is 0 Å².